The lowest BCUT2D eigenvalue weighted by Gasteiger charge is -2.06. The van der Waals surface area contributed by atoms with Gasteiger partial charge in [-0.25, -0.2) is 15.0 Å². The van der Waals surface area contributed by atoms with Crippen molar-refractivity contribution in [2.45, 2.75) is 0 Å². The Morgan fingerprint density at radius 2 is 0.792 bits per heavy atom. The van der Waals surface area contributed by atoms with Gasteiger partial charge >= 0.3 is 0 Å². The molecule has 2 aliphatic heterocycles. The SMILES string of the molecule is Cn1ccnc1-c1c2nc(c(-c3ccccc3)c3ccc([nH]3)c(-c3ccccc3)c3nc(c(-c4ccccc4)c4ccc1[nH]4)C=C3)C=C2. The van der Waals surface area contributed by atoms with E-state index in [0.29, 0.717) is 0 Å². The molecule has 6 nitrogen and oxygen atoms in total. The molecule has 8 bridgehead atoms. The Hall–Kier alpha value is -6.53. The summed E-state index contributed by atoms with van der Waals surface area (Å²) in [4.78, 5) is 23.0. The van der Waals surface area contributed by atoms with Gasteiger partial charge in [0.25, 0.3) is 0 Å². The third-order valence-corrected chi connectivity index (χ3v) is 8.99. The van der Waals surface area contributed by atoms with E-state index in [4.69, 9.17) is 15.0 Å². The number of aromatic amines is 2. The van der Waals surface area contributed by atoms with E-state index >= 15 is 0 Å². The van der Waals surface area contributed by atoms with Crippen LogP contribution in [0.5, 0.6) is 0 Å². The van der Waals surface area contributed by atoms with E-state index in [9.17, 15) is 0 Å². The summed E-state index contributed by atoms with van der Waals surface area (Å²) in [6, 6.07) is 39.9. The van der Waals surface area contributed by atoms with E-state index in [2.05, 4.69) is 131 Å². The van der Waals surface area contributed by atoms with E-state index in [0.717, 1.165) is 89.6 Å². The maximum absolute atomic E-state index is 5.34. The molecule has 0 spiro atoms. The van der Waals surface area contributed by atoms with E-state index in [1.165, 1.54) is 0 Å². The molecule has 2 N–H and O–H groups in total. The minimum absolute atomic E-state index is 0.828. The number of aromatic nitrogens is 6. The summed E-state index contributed by atoms with van der Waals surface area (Å²) in [5.74, 6) is 0.828. The first-order valence-electron chi connectivity index (χ1n) is 16.0. The molecule has 228 valence electrons. The number of H-pyrrole nitrogens is 2. The fourth-order valence-electron chi connectivity index (χ4n) is 6.77. The number of fused-ring (bicyclic) bond motifs is 8. The van der Waals surface area contributed by atoms with Gasteiger partial charge in [0.05, 0.1) is 33.9 Å². The highest BCUT2D eigenvalue weighted by Gasteiger charge is 2.19. The van der Waals surface area contributed by atoms with Crippen LogP contribution in [0.1, 0.15) is 22.8 Å². The molecular formula is C42H30N6. The predicted octanol–water partition coefficient (Wildman–Crippen LogP) is 10.1. The second-order valence-electron chi connectivity index (χ2n) is 12.0. The maximum atomic E-state index is 5.34. The Balaban J connectivity index is 1.49. The largest absolute Gasteiger partial charge is 0.354 e. The Bertz CT molecular complexity index is 2510. The smallest absolute Gasteiger partial charge is 0.143 e. The molecule has 0 amide bonds. The highest BCUT2D eigenvalue weighted by molar-refractivity contribution is 5.99. The van der Waals surface area contributed by atoms with Crippen LogP contribution >= 0.6 is 0 Å². The number of hydrogen-bond acceptors (Lipinski definition) is 3. The molecule has 3 aromatic carbocycles. The molecule has 2 aliphatic rings. The molecule has 0 unspecified atom stereocenters. The fourth-order valence-corrected chi connectivity index (χ4v) is 6.77. The van der Waals surface area contributed by atoms with E-state index in [-0.39, 0.29) is 0 Å². The zero-order valence-electron chi connectivity index (χ0n) is 26.2. The molecule has 4 aromatic heterocycles. The van der Waals surface area contributed by atoms with Gasteiger partial charge in [0.2, 0.25) is 0 Å². The summed E-state index contributed by atoms with van der Waals surface area (Å²) in [5, 5.41) is 0. The second-order valence-corrected chi connectivity index (χ2v) is 12.0. The zero-order chi connectivity index (χ0) is 32.0. The van der Waals surface area contributed by atoms with Crippen molar-refractivity contribution in [2.75, 3.05) is 0 Å². The lowest BCUT2D eigenvalue weighted by molar-refractivity contribution is 0.924. The van der Waals surface area contributed by atoms with Crippen LogP contribution in [0, 0.1) is 0 Å². The molecule has 0 fully saturated rings. The van der Waals surface area contributed by atoms with Crippen molar-refractivity contribution in [1.29, 1.82) is 0 Å². The minimum Gasteiger partial charge on any atom is -0.354 e. The van der Waals surface area contributed by atoms with Gasteiger partial charge in [-0.15, -0.1) is 0 Å². The van der Waals surface area contributed by atoms with Crippen LogP contribution in [0.25, 0.3) is 91.1 Å². The zero-order valence-corrected chi connectivity index (χ0v) is 26.2. The van der Waals surface area contributed by atoms with E-state index in [1.807, 2.05) is 42.2 Å². The number of nitrogens with one attached hydrogen (secondary N) is 2. The van der Waals surface area contributed by atoms with Gasteiger partial charge in [0.15, 0.2) is 0 Å². The monoisotopic (exact) mass is 618 g/mol. The van der Waals surface area contributed by atoms with Crippen molar-refractivity contribution in [1.82, 2.24) is 29.5 Å². The van der Waals surface area contributed by atoms with Crippen LogP contribution in [0.3, 0.4) is 0 Å². The highest BCUT2D eigenvalue weighted by atomic mass is 15.0. The van der Waals surface area contributed by atoms with Gasteiger partial charge in [0.1, 0.15) is 5.82 Å². The van der Waals surface area contributed by atoms with Gasteiger partial charge in [-0.2, -0.15) is 0 Å². The first-order valence-corrected chi connectivity index (χ1v) is 16.0. The Labute approximate surface area is 277 Å². The number of hydrogen-bond donors (Lipinski definition) is 2. The van der Waals surface area contributed by atoms with Crippen LogP contribution in [-0.4, -0.2) is 29.5 Å². The topological polar surface area (TPSA) is 75.2 Å². The van der Waals surface area contributed by atoms with Gasteiger partial charge < -0.3 is 14.5 Å². The molecule has 48 heavy (non-hydrogen) atoms. The molecule has 6 heterocycles. The van der Waals surface area contributed by atoms with Crippen molar-refractivity contribution < 1.29 is 0 Å². The molecule has 0 atom stereocenters. The second kappa shape index (κ2) is 11.4. The fraction of sp³-hybridized carbons (Fsp3) is 0.0238. The first kappa shape index (κ1) is 27.8. The van der Waals surface area contributed by atoms with Gasteiger partial charge in [-0.1, -0.05) is 91.0 Å². The van der Waals surface area contributed by atoms with Crippen LogP contribution in [0.15, 0.2) is 128 Å². The highest BCUT2D eigenvalue weighted by Crippen LogP contribution is 2.37. The van der Waals surface area contributed by atoms with Gasteiger partial charge in [0, 0.05) is 52.7 Å². The van der Waals surface area contributed by atoms with Crippen LogP contribution in [0.4, 0.5) is 0 Å². The van der Waals surface area contributed by atoms with Crippen molar-refractivity contribution >= 4 is 46.4 Å². The van der Waals surface area contributed by atoms with Crippen molar-refractivity contribution in [3.05, 3.63) is 150 Å². The summed E-state index contributed by atoms with van der Waals surface area (Å²) in [7, 11) is 2.02. The average molecular weight is 619 g/mol. The minimum atomic E-state index is 0.828. The third-order valence-electron chi connectivity index (χ3n) is 8.99. The maximum Gasteiger partial charge on any atom is 0.143 e. The number of imidazole rings is 1. The molecule has 0 saturated carbocycles. The molecular weight excluding hydrogens is 589 g/mol. The summed E-state index contributed by atoms with van der Waals surface area (Å²) in [6.07, 6.45) is 12.2. The van der Waals surface area contributed by atoms with Crippen LogP contribution < -0.4 is 0 Å². The van der Waals surface area contributed by atoms with Crippen molar-refractivity contribution in [3.63, 3.8) is 0 Å². The Kier molecular flexibility index (Phi) is 6.57. The molecule has 9 rings (SSSR count). The average Bonchev–Trinajstić information content (AvgIpc) is 3.98. The molecule has 7 aromatic rings. The number of aryl methyl sites for hydroxylation is 1. The first-order chi connectivity index (χ1) is 23.7. The summed E-state index contributed by atoms with van der Waals surface area (Å²) in [5.41, 5.74) is 14.6. The van der Waals surface area contributed by atoms with E-state index < -0.39 is 0 Å². The van der Waals surface area contributed by atoms with Crippen LogP contribution in [0.2, 0.25) is 0 Å². The normalized spacial score (nSPS) is 12.1. The number of benzene rings is 3. The van der Waals surface area contributed by atoms with Gasteiger partial charge in [-0.3, -0.25) is 0 Å². The molecule has 0 radical (unpaired) electrons. The van der Waals surface area contributed by atoms with Crippen molar-refractivity contribution in [2.24, 2.45) is 7.05 Å². The van der Waals surface area contributed by atoms with E-state index in [1.54, 1.807) is 0 Å². The molecule has 6 heteroatoms. The van der Waals surface area contributed by atoms with Crippen LogP contribution in [-0.2, 0) is 7.05 Å². The standard InChI is InChI=1S/C42H30N6/c1-48-26-25-43-42(48)41-36-23-21-34(46-36)39(28-13-7-3-8-14-28)32-19-17-30(44-32)38(27-11-5-2-6-12-27)31-18-20-33(45-31)40(29-15-9-4-10-16-29)35-22-24-37(41)47-35/h2-26,44,47H,1H3. The molecule has 0 saturated heterocycles. The lowest BCUT2D eigenvalue weighted by atomic mass is 10.0. The number of nitrogens with zero attached hydrogens (tertiary/aromatic N) is 4. The molecule has 0 aliphatic carbocycles. The third kappa shape index (κ3) is 4.70. The van der Waals surface area contributed by atoms with Gasteiger partial charge in [-0.05, 0) is 65.3 Å². The Morgan fingerprint density at radius 3 is 1.15 bits per heavy atom. The predicted molar refractivity (Wildman–Crippen MR) is 197 cm³/mol. The lowest BCUT2D eigenvalue weighted by Crippen LogP contribution is -1.95. The number of rotatable bonds is 4. The summed E-state index contributed by atoms with van der Waals surface area (Å²) >= 11 is 0. The summed E-state index contributed by atoms with van der Waals surface area (Å²) in [6.45, 7) is 0. The van der Waals surface area contributed by atoms with Crippen molar-refractivity contribution in [3.8, 4) is 44.8 Å². The quantitative estimate of drug-likeness (QED) is 0.206. The Morgan fingerprint density at radius 1 is 0.438 bits per heavy atom. The summed E-state index contributed by atoms with van der Waals surface area (Å²) < 4.78 is 2.04.